The van der Waals surface area contributed by atoms with Crippen LogP contribution >= 0.6 is 0 Å². The van der Waals surface area contributed by atoms with Crippen molar-refractivity contribution in [3.05, 3.63) is 0 Å². The number of hydrogen-bond donors (Lipinski definition) is 1. The molecule has 1 aliphatic rings. The van der Waals surface area contributed by atoms with E-state index in [0.29, 0.717) is 18.4 Å². The van der Waals surface area contributed by atoms with Crippen molar-refractivity contribution in [2.24, 2.45) is 11.8 Å². The fourth-order valence-corrected chi connectivity index (χ4v) is 1.49. The molecule has 1 saturated heterocycles. The molecular formula is C10H19NO2. The SMILES string of the molecule is CC(C)COC(=O)C1NCCC1C. The summed E-state index contributed by atoms with van der Waals surface area (Å²) >= 11 is 0. The fraction of sp³-hybridized carbons (Fsp3) is 0.900. The van der Waals surface area contributed by atoms with Gasteiger partial charge in [-0.25, -0.2) is 0 Å². The Bertz CT molecular complexity index is 180. The Morgan fingerprint density at radius 1 is 1.62 bits per heavy atom. The fourth-order valence-electron chi connectivity index (χ4n) is 1.49. The number of carbonyl (C=O) groups excluding carboxylic acids is 1. The molecule has 1 heterocycles. The van der Waals surface area contributed by atoms with Gasteiger partial charge in [-0.2, -0.15) is 0 Å². The van der Waals surface area contributed by atoms with E-state index in [4.69, 9.17) is 4.74 Å². The molecule has 0 bridgehead atoms. The first-order chi connectivity index (χ1) is 6.11. The Labute approximate surface area is 79.8 Å². The van der Waals surface area contributed by atoms with Crippen LogP contribution in [0.5, 0.6) is 0 Å². The molecule has 76 valence electrons. The molecule has 1 fully saturated rings. The molecule has 0 aromatic rings. The Morgan fingerprint density at radius 2 is 2.31 bits per heavy atom. The molecule has 0 aliphatic carbocycles. The summed E-state index contributed by atoms with van der Waals surface area (Å²) in [7, 11) is 0. The van der Waals surface area contributed by atoms with Gasteiger partial charge in [0.2, 0.25) is 0 Å². The van der Waals surface area contributed by atoms with Crippen LogP contribution in [0.3, 0.4) is 0 Å². The summed E-state index contributed by atoms with van der Waals surface area (Å²) < 4.78 is 5.16. The van der Waals surface area contributed by atoms with Gasteiger partial charge >= 0.3 is 5.97 Å². The molecule has 1 rings (SSSR count). The number of ether oxygens (including phenoxy) is 1. The molecule has 0 amide bonds. The largest absolute Gasteiger partial charge is 0.464 e. The lowest BCUT2D eigenvalue weighted by Crippen LogP contribution is -2.36. The number of rotatable bonds is 3. The molecule has 0 spiro atoms. The van der Waals surface area contributed by atoms with Crippen LogP contribution in [0.2, 0.25) is 0 Å². The van der Waals surface area contributed by atoms with Crippen molar-refractivity contribution in [3.63, 3.8) is 0 Å². The van der Waals surface area contributed by atoms with Gasteiger partial charge in [0.05, 0.1) is 6.61 Å². The van der Waals surface area contributed by atoms with E-state index in [0.717, 1.165) is 13.0 Å². The molecule has 0 aromatic heterocycles. The first-order valence-electron chi connectivity index (χ1n) is 5.01. The van der Waals surface area contributed by atoms with E-state index < -0.39 is 0 Å². The maximum absolute atomic E-state index is 11.5. The van der Waals surface area contributed by atoms with Gasteiger partial charge in [-0.15, -0.1) is 0 Å². The number of nitrogens with one attached hydrogen (secondary N) is 1. The van der Waals surface area contributed by atoms with Gasteiger partial charge in [0.25, 0.3) is 0 Å². The van der Waals surface area contributed by atoms with Crippen LogP contribution in [0.4, 0.5) is 0 Å². The van der Waals surface area contributed by atoms with Crippen molar-refractivity contribution in [1.82, 2.24) is 5.32 Å². The van der Waals surface area contributed by atoms with Gasteiger partial charge in [-0.1, -0.05) is 20.8 Å². The predicted molar refractivity (Wildman–Crippen MR) is 51.4 cm³/mol. The van der Waals surface area contributed by atoms with Gasteiger partial charge in [0.15, 0.2) is 0 Å². The molecular weight excluding hydrogens is 166 g/mol. The van der Waals surface area contributed by atoms with Gasteiger partial charge < -0.3 is 10.1 Å². The zero-order chi connectivity index (χ0) is 9.84. The molecule has 1 N–H and O–H groups in total. The molecule has 3 nitrogen and oxygen atoms in total. The first kappa shape index (κ1) is 10.5. The topological polar surface area (TPSA) is 38.3 Å². The van der Waals surface area contributed by atoms with Gasteiger partial charge in [-0.3, -0.25) is 4.79 Å². The quantitative estimate of drug-likeness (QED) is 0.671. The molecule has 0 radical (unpaired) electrons. The summed E-state index contributed by atoms with van der Waals surface area (Å²) in [6.45, 7) is 7.63. The second-order valence-electron chi connectivity index (χ2n) is 4.22. The van der Waals surface area contributed by atoms with E-state index in [1.807, 2.05) is 13.8 Å². The number of esters is 1. The molecule has 2 unspecified atom stereocenters. The van der Waals surface area contributed by atoms with E-state index in [-0.39, 0.29) is 12.0 Å². The zero-order valence-electron chi connectivity index (χ0n) is 8.67. The lowest BCUT2D eigenvalue weighted by Gasteiger charge is -2.15. The second kappa shape index (κ2) is 4.61. The van der Waals surface area contributed by atoms with Gasteiger partial charge in [0.1, 0.15) is 6.04 Å². The van der Waals surface area contributed by atoms with E-state index >= 15 is 0 Å². The molecule has 0 saturated carbocycles. The van der Waals surface area contributed by atoms with E-state index in [1.54, 1.807) is 0 Å². The Hall–Kier alpha value is -0.570. The monoisotopic (exact) mass is 185 g/mol. The van der Waals surface area contributed by atoms with Crippen molar-refractivity contribution in [1.29, 1.82) is 0 Å². The Morgan fingerprint density at radius 3 is 2.77 bits per heavy atom. The Balaban J connectivity index is 2.30. The zero-order valence-corrected chi connectivity index (χ0v) is 8.67. The maximum Gasteiger partial charge on any atom is 0.323 e. The third kappa shape index (κ3) is 2.99. The van der Waals surface area contributed by atoms with Crippen LogP contribution in [-0.4, -0.2) is 25.2 Å². The summed E-state index contributed by atoms with van der Waals surface area (Å²) in [5, 5.41) is 3.16. The van der Waals surface area contributed by atoms with Gasteiger partial charge in [-0.05, 0) is 24.8 Å². The molecule has 2 atom stereocenters. The third-order valence-electron chi connectivity index (χ3n) is 2.35. The molecule has 13 heavy (non-hydrogen) atoms. The highest BCUT2D eigenvalue weighted by atomic mass is 16.5. The van der Waals surface area contributed by atoms with E-state index in [1.165, 1.54) is 0 Å². The summed E-state index contributed by atoms with van der Waals surface area (Å²) in [4.78, 5) is 11.5. The molecule has 1 aliphatic heterocycles. The summed E-state index contributed by atoms with van der Waals surface area (Å²) in [6, 6.07) is -0.0706. The van der Waals surface area contributed by atoms with Crippen LogP contribution in [0, 0.1) is 11.8 Å². The van der Waals surface area contributed by atoms with Crippen molar-refractivity contribution in [3.8, 4) is 0 Å². The van der Waals surface area contributed by atoms with Crippen molar-refractivity contribution < 1.29 is 9.53 Å². The second-order valence-corrected chi connectivity index (χ2v) is 4.22. The standard InChI is InChI=1S/C10H19NO2/c1-7(2)6-13-10(12)9-8(3)4-5-11-9/h7-9,11H,4-6H2,1-3H3. The Kier molecular flexibility index (Phi) is 3.72. The van der Waals surface area contributed by atoms with Crippen LogP contribution in [0.15, 0.2) is 0 Å². The molecule has 0 aromatic carbocycles. The minimum Gasteiger partial charge on any atom is -0.464 e. The van der Waals surface area contributed by atoms with Gasteiger partial charge in [0, 0.05) is 0 Å². The summed E-state index contributed by atoms with van der Waals surface area (Å²) in [5.74, 6) is 0.749. The normalized spacial score (nSPS) is 28.0. The third-order valence-corrected chi connectivity index (χ3v) is 2.35. The summed E-state index contributed by atoms with van der Waals surface area (Å²) in [6.07, 6.45) is 1.07. The molecule has 3 heteroatoms. The smallest absolute Gasteiger partial charge is 0.323 e. The van der Waals surface area contributed by atoms with Crippen molar-refractivity contribution in [2.45, 2.75) is 33.2 Å². The lowest BCUT2D eigenvalue weighted by molar-refractivity contribution is -0.147. The minimum atomic E-state index is -0.0845. The highest BCUT2D eigenvalue weighted by Gasteiger charge is 2.30. The lowest BCUT2D eigenvalue weighted by atomic mass is 10.0. The van der Waals surface area contributed by atoms with Crippen LogP contribution in [0.1, 0.15) is 27.2 Å². The minimum absolute atomic E-state index is 0.0706. The summed E-state index contributed by atoms with van der Waals surface area (Å²) in [5.41, 5.74) is 0. The average molecular weight is 185 g/mol. The highest BCUT2D eigenvalue weighted by molar-refractivity contribution is 5.76. The number of hydrogen-bond acceptors (Lipinski definition) is 3. The first-order valence-corrected chi connectivity index (χ1v) is 5.01. The predicted octanol–water partition coefficient (Wildman–Crippen LogP) is 1.18. The highest BCUT2D eigenvalue weighted by Crippen LogP contribution is 2.15. The van der Waals surface area contributed by atoms with Crippen molar-refractivity contribution in [2.75, 3.05) is 13.2 Å². The van der Waals surface area contributed by atoms with Crippen molar-refractivity contribution >= 4 is 5.97 Å². The van der Waals surface area contributed by atoms with E-state index in [2.05, 4.69) is 12.2 Å². The number of carbonyl (C=O) groups is 1. The average Bonchev–Trinajstić information content (AvgIpc) is 2.47. The maximum atomic E-state index is 11.5. The van der Waals surface area contributed by atoms with E-state index in [9.17, 15) is 4.79 Å². The van der Waals surface area contributed by atoms with Crippen LogP contribution in [-0.2, 0) is 9.53 Å². The van der Waals surface area contributed by atoms with Crippen LogP contribution < -0.4 is 5.32 Å². The van der Waals surface area contributed by atoms with Crippen LogP contribution in [0.25, 0.3) is 0 Å².